The number of hydrogen-bond acceptors (Lipinski definition) is 5. The normalized spacial score (nSPS) is 16.8. The summed E-state index contributed by atoms with van der Waals surface area (Å²) in [5.41, 5.74) is 1.82. The highest BCUT2D eigenvalue weighted by Gasteiger charge is 2.25. The molecule has 1 saturated carbocycles. The molecule has 1 atom stereocenters. The van der Waals surface area contributed by atoms with Gasteiger partial charge < -0.3 is 14.1 Å². The molecule has 6 nitrogen and oxygen atoms in total. The van der Waals surface area contributed by atoms with E-state index in [0.29, 0.717) is 24.2 Å². The van der Waals surface area contributed by atoms with E-state index in [2.05, 4.69) is 15.2 Å². The van der Waals surface area contributed by atoms with Crippen molar-refractivity contribution in [3.8, 4) is 0 Å². The maximum absolute atomic E-state index is 9.97. The number of para-hydroxylation sites is 2. The first-order chi connectivity index (χ1) is 10.7. The van der Waals surface area contributed by atoms with Crippen LogP contribution in [0.15, 0.2) is 28.7 Å². The van der Waals surface area contributed by atoms with Crippen LogP contribution in [0.5, 0.6) is 0 Å². The topological polar surface area (TPSA) is 77.0 Å². The molecule has 6 heteroatoms. The molecule has 1 aliphatic carbocycles. The number of benzene rings is 1. The summed E-state index contributed by atoms with van der Waals surface area (Å²) in [4.78, 5) is 4.50. The minimum absolute atomic E-state index is 0.428. The Kier molecular flexibility index (Phi) is 3.18. The summed E-state index contributed by atoms with van der Waals surface area (Å²) in [7, 11) is 0. The maximum atomic E-state index is 9.97. The zero-order valence-corrected chi connectivity index (χ0v) is 12.4. The number of aliphatic hydroxyl groups excluding tert-OH is 1. The standard InChI is InChI=1S/C16H18N4O2/c1-10(21)15-17-12-7-2-3-8-13(12)20(15)9-14-18-19-16(22-14)11-5-4-6-11/h2-3,7-8,10-11,21H,4-6,9H2,1H3/t10-/m0/s1. The van der Waals surface area contributed by atoms with E-state index in [0.717, 1.165) is 29.8 Å². The molecule has 1 N–H and O–H groups in total. The second-order valence-electron chi connectivity index (χ2n) is 5.88. The van der Waals surface area contributed by atoms with Gasteiger partial charge in [-0.25, -0.2) is 4.98 Å². The van der Waals surface area contributed by atoms with Gasteiger partial charge >= 0.3 is 0 Å². The van der Waals surface area contributed by atoms with Crippen LogP contribution in [0.2, 0.25) is 0 Å². The van der Waals surface area contributed by atoms with Gasteiger partial charge in [-0.05, 0) is 31.9 Å². The van der Waals surface area contributed by atoms with Crippen molar-refractivity contribution in [3.05, 3.63) is 41.9 Å². The fraction of sp³-hybridized carbons (Fsp3) is 0.438. The molecule has 1 aromatic carbocycles. The summed E-state index contributed by atoms with van der Waals surface area (Å²) in [6.07, 6.45) is 2.85. The third-order valence-corrected chi connectivity index (χ3v) is 4.29. The van der Waals surface area contributed by atoms with Crippen LogP contribution in [0.3, 0.4) is 0 Å². The lowest BCUT2D eigenvalue weighted by atomic mass is 9.85. The van der Waals surface area contributed by atoms with E-state index < -0.39 is 6.10 Å². The van der Waals surface area contributed by atoms with Crippen molar-refractivity contribution < 1.29 is 9.52 Å². The summed E-state index contributed by atoms with van der Waals surface area (Å²) in [5, 5.41) is 18.3. The Morgan fingerprint density at radius 2 is 2.14 bits per heavy atom. The molecule has 2 aromatic heterocycles. The number of fused-ring (bicyclic) bond motifs is 1. The van der Waals surface area contributed by atoms with Gasteiger partial charge in [0, 0.05) is 5.92 Å². The van der Waals surface area contributed by atoms with E-state index in [-0.39, 0.29) is 0 Å². The van der Waals surface area contributed by atoms with Crippen LogP contribution >= 0.6 is 0 Å². The number of imidazole rings is 1. The Balaban J connectivity index is 1.70. The number of hydrogen-bond donors (Lipinski definition) is 1. The summed E-state index contributed by atoms with van der Waals surface area (Å²) < 4.78 is 7.73. The second kappa shape index (κ2) is 5.21. The molecule has 0 spiro atoms. The molecule has 0 radical (unpaired) electrons. The van der Waals surface area contributed by atoms with Gasteiger partial charge in [0.15, 0.2) is 0 Å². The highest BCUT2D eigenvalue weighted by Crippen LogP contribution is 2.35. The molecule has 0 aliphatic heterocycles. The van der Waals surface area contributed by atoms with Crippen LogP contribution in [0.4, 0.5) is 0 Å². The van der Waals surface area contributed by atoms with Gasteiger partial charge in [0.2, 0.25) is 11.8 Å². The van der Waals surface area contributed by atoms with Crippen LogP contribution < -0.4 is 0 Å². The maximum Gasteiger partial charge on any atom is 0.236 e. The molecule has 1 aliphatic rings. The summed E-state index contributed by atoms with van der Waals surface area (Å²) in [6.45, 7) is 2.14. The molecule has 2 heterocycles. The molecular formula is C16H18N4O2. The van der Waals surface area contributed by atoms with E-state index in [1.54, 1.807) is 6.92 Å². The Morgan fingerprint density at radius 3 is 2.86 bits per heavy atom. The zero-order chi connectivity index (χ0) is 15.1. The molecule has 0 bridgehead atoms. The van der Waals surface area contributed by atoms with Crippen LogP contribution in [0.25, 0.3) is 11.0 Å². The average Bonchev–Trinajstić information content (AvgIpc) is 3.03. The van der Waals surface area contributed by atoms with Crippen LogP contribution in [0, 0.1) is 0 Å². The van der Waals surface area contributed by atoms with Crippen molar-refractivity contribution in [2.24, 2.45) is 0 Å². The summed E-state index contributed by atoms with van der Waals surface area (Å²) in [5.74, 6) is 2.35. The lowest BCUT2D eigenvalue weighted by molar-refractivity contribution is 0.184. The van der Waals surface area contributed by atoms with E-state index in [4.69, 9.17) is 4.42 Å². The van der Waals surface area contributed by atoms with Crippen LogP contribution in [-0.2, 0) is 6.54 Å². The Morgan fingerprint density at radius 1 is 1.32 bits per heavy atom. The smallest absolute Gasteiger partial charge is 0.236 e. The van der Waals surface area contributed by atoms with Crippen molar-refractivity contribution in [2.45, 2.75) is 44.8 Å². The highest BCUT2D eigenvalue weighted by atomic mass is 16.4. The van der Waals surface area contributed by atoms with Crippen molar-refractivity contribution in [3.63, 3.8) is 0 Å². The van der Waals surface area contributed by atoms with E-state index in [1.165, 1.54) is 6.42 Å². The minimum atomic E-state index is -0.651. The predicted octanol–water partition coefficient (Wildman–Crippen LogP) is 2.79. The van der Waals surface area contributed by atoms with Crippen molar-refractivity contribution >= 4 is 11.0 Å². The van der Waals surface area contributed by atoms with Gasteiger partial charge in [-0.15, -0.1) is 10.2 Å². The highest BCUT2D eigenvalue weighted by molar-refractivity contribution is 5.76. The Labute approximate surface area is 127 Å². The van der Waals surface area contributed by atoms with E-state index in [1.807, 2.05) is 28.8 Å². The van der Waals surface area contributed by atoms with Gasteiger partial charge in [-0.1, -0.05) is 18.6 Å². The number of rotatable bonds is 4. The zero-order valence-electron chi connectivity index (χ0n) is 12.4. The fourth-order valence-electron chi connectivity index (χ4n) is 2.87. The largest absolute Gasteiger partial charge is 0.423 e. The van der Waals surface area contributed by atoms with Gasteiger partial charge in [-0.3, -0.25) is 0 Å². The van der Waals surface area contributed by atoms with E-state index in [9.17, 15) is 5.11 Å². The summed E-state index contributed by atoms with van der Waals surface area (Å²) in [6, 6.07) is 7.82. The van der Waals surface area contributed by atoms with Crippen molar-refractivity contribution in [1.82, 2.24) is 19.7 Å². The first-order valence-electron chi connectivity index (χ1n) is 7.68. The monoisotopic (exact) mass is 298 g/mol. The molecule has 22 heavy (non-hydrogen) atoms. The molecule has 4 rings (SSSR count). The molecule has 0 amide bonds. The SMILES string of the molecule is C[C@H](O)c1nc2ccccc2n1Cc1nnc(C2CCC2)o1. The fourth-order valence-corrected chi connectivity index (χ4v) is 2.87. The van der Waals surface area contributed by atoms with Crippen molar-refractivity contribution in [2.75, 3.05) is 0 Å². The molecule has 0 saturated heterocycles. The molecular weight excluding hydrogens is 280 g/mol. The van der Waals surface area contributed by atoms with Gasteiger partial charge in [0.25, 0.3) is 0 Å². The number of nitrogens with zero attached hydrogens (tertiary/aromatic N) is 4. The molecule has 114 valence electrons. The van der Waals surface area contributed by atoms with Crippen molar-refractivity contribution in [1.29, 1.82) is 0 Å². The third kappa shape index (κ3) is 2.20. The predicted molar refractivity (Wildman–Crippen MR) is 80.4 cm³/mol. The van der Waals surface area contributed by atoms with Crippen LogP contribution in [0.1, 0.15) is 55.8 Å². The lowest BCUT2D eigenvalue weighted by Crippen LogP contribution is -2.09. The van der Waals surface area contributed by atoms with Gasteiger partial charge in [0.1, 0.15) is 18.5 Å². The lowest BCUT2D eigenvalue weighted by Gasteiger charge is -2.20. The molecule has 3 aromatic rings. The quantitative estimate of drug-likeness (QED) is 0.801. The summed E-state index contributed by atoms with van der Waals surface area (Å²) >= 11 is 0. The first-order valence-corrected chi connectivity index (χ1v) is 7.68. The first kappa shape index (κ1) is 13.5. The minimum Gasteiger partial charge on any atom is -0.423 e. The molecule has 1 fully saturated rings. The van der Waals surface area contributed by atoms with E-state index >= 15 is 0 Å². The molecule has 0 unspecified atom stereocenters. The second-order valence-corrected chi connectivity index (χ2v) is 5.88. The Bertz CT molecular complexity index is 801. The third-order valence-electron chi connectivity index (χ3n) is 4.29. The number of aliphatic hydroxyl groups is 1. The Hall–Kier alpha value is -2.21. The number of aromatic nitrogens is 4. The van der Waals surface area contributed by atoms with Gasteiger partial charge in [0.05, 0.1) is 11.0 Å². The van der Waals surface area contributed by atoms with Gasteiger partial charge in [-0.2, -0.15) is 0 Å². The van der Waals surface area contributed by atoms with Crippen LogP contribution in [-0.4, -0.2) is 24.9 Å². The average molecular weight is 298 g/mol.